The SMILES string of the molecule is CSc1cccc(NC(=O)c2ccc3c(c2)N(C)C(=O)CO3)c1. The molecule has 5 nitrogen and oxygen atoms in total. The Balaban J connectivity index is 1.84. The molecule has 0 aliphatic carbocycles. The van der Waals surface area contributed by atoms with Crippen molar-refractivity contribution in [3.63, 3.8) is 0 Å². The first-order valence-corrected chi connectivity index (χ1v) is 8.30. The van der Waals surface area contributed by atoms with Gasteiger partial charge in [-0.15, -0.1) is 11.8 Å². The summed E-state index contributed by atoms with van der Waals surface area (Å²) in [6, 6.07) is 12.7. The zero-order chi connectivity index (χ0) is 16.4. The van der Waals surface area contributed by atoms with E-state index >= 15 is 0 Å². The minimum Gasteiger partial charge on any atom is -0.482 e. The molecule has 0 unspecified atom stereocenters. The molecule has 0 radical (unpaired) electrons. The van der Waals surface area contributed by atoms with Gasteiger partial charge in [0.25, 0.3) is 11.8 Å². The number of carbonyl (C=O) groups is 2. The van der Waals surface area contributed by atoms with Crippen LogP contribution in [0.5, 0.6) is 5.75 Å². The van der Waals surface area contributed by atoms with Crippen molar-refractivity contribution in [1.29, 1.82) is 0 Å². The van der Waals surface area contributed by atoms with Crippen molar-refractivity contribution in [2.24, 2.45) is 0 Å². The highest BCUT2D eigenvalue weighted by molar-refractivity contribution is 7.98. The Morgan fingerprint density at radius 3 is 2.87 bits per heavy atom. The summed E-state index contributed by atoms with van der Waals surface area (Å²) in [4.78, 5) is 26.7. The largest absolute Gasteiger partial charge is 0.482 e. The molecule has 1 aliphatic heterocycles. The first kappa shape index (κ1) is 15.4. The highest BCUT2D eigenvalue weighted by atomic mass is 32.2. The molecule has 0 spiro atoms. The fraction of sp³-hybridized carbons (Fsp3) is 0.176. The quantitative estimate of drug-likeness (QED) is 0.880. The van der Waals surface area contributed by atoms with Gasteiger partial charge in [-0.3, -0.25) is 9.59 Å². The summed E-state index contributed by atoms with van der Waals surface area (Å²) in [5, 5.41) is 2.87. The van der Waals surface area contributed by atoms with E-state index in [0.717, 1.165) is 10.6 Å². The molecule has 0 fully saturated rings. The standard InChI is InChI=1S/C17H16N2O3S/c1-19-14-8-11(6-7-15(14)22-10-16(19)20)17(21)18-12-4-3-5-13(9-12)23-2/h3-9H,10H2,1-2H3,(H,18,21). The monoisotopic (exact) mass is 328 g/mol. The summed E-state index contributed by atoms with van der Waals surface area (Å²) in [5.74, 6) is 0.244. The summed E-state index contributed by atoms with van der Waals surface area (Å²) in [6.45, 7) is 0.0243. The molecule has 3 rings (SSSR count). The first-order valence-electron chi connectivity index (χ1n) is 7.07. The Morgan fingerprint density at radius 1 is 1.26 bits per heavy atom. The lowest BCUT2D eigenvalue weighted by atomic mass is 10.1. The van der Waals surface area contributed by atoms with Crippen LogP contribution in [0.2, 0.25) is 0 Å². The number of rotatable bonds is 3. The summed E-state index contributed by atoms with van der Waals surface area (Å²) < 4.78 is 5.36. The van der Waals surface area contributed by atoms with E-state index in [1.807, 2.05) is 30.5 Å². The van der Waals surface area contributed by atoms with Gasteiger partial charge in [0, 0.05) is 23.2 Å². The van der Waals surface area contributed by atoms with E-state index in [-0.39, 0.29) is 18.4 Å². The zero-order valence-electron chi connectivity index (χ0n) is 12.8. The van der Waals surface area contributed by atoms with Gasteiger partial charge in [-0.05, 0) is 42.7 Å². The van der Waals surface area contributed by atoms with Crippen LogP contribution < -0.4 is 15.0 Å². The molecule has 1 N–H and O–H groups in total. The van der Waals surface area contributed by atoms with Crippen molar-refractivity contribution in [1.82, 2.24) is 0 Å². The summed E-state index contributed by atoms with van der Waals surface area (Å²) in [6.07, 6.45) is 1.98. The van der Waals surface area contributed by atoms with Gasteiger partial charge in [0.05, 0.1) is 5.69 Å². The third-order valence-electron chi connectivity index (χ3n) is 3.64. The Labute approximate surface area is 138 Å². The van der Waals surface area contributed by atoms with Crippen LogP contribution in [0.3, 0.4) is 0 Å². The molecule has 0 bridgehead atoms. The van der Waals surface area contributed by atoms with Crippen LogP contribution in [-0.2, 0) is 4.79 Å². The number of nitrogens with zero attached hydrogens (tertiary/aromatic N) is 1. The predicted molar refractivity (Wildman–Crippen MR) is 91.5 cm³/mol. The molecule has 0 aromatic heterocycles. The van der Waals surface area contributed by atoms with E-state index in [4.69, 9.17) is 4.74 Å². The maximum absolute atomic E-state index is 12.4. The average Bonchev–Trinajstić information content (AvgIpc) is 2.58. The van der Waals surface area contributed by atoms with Crippen molar-refractivity contribution in [3.8, 4) is 5.75 Å². The van der Waals surface area contributed by atoms with Crippen LogP contribution in [-0.4, -0.2) is 31.7 Å². The molecular weight excluding hydrogens is 312 g/mol. The molecule has 2 amide bonds. The van der Waals surface area contributed by atoms with Crippen LogP contribution in [0.4, 0.5) is 11.4 Å². The second-order valence-electron chi connectivity index (χ2n) is 5.11. The predicted octanol–water partition coefficient (Wildman–Crippen LogP) is 3.02. The highest BCUT2D eigenvalue weighted by Crippen LogP contribution is 2.32. The molecule has 0 saturated carbocycles. The van der Waals surface area contributed by atoms with E-state index in [1.54, 1.807) is 37.0 Å². The molecule has 118 valence electrons. The number of anilines is 2. The maximum atomic E-state index is 12.4. The third-order valence-corrected chi connectivity index (χ3v) is 4.36. The van der Waals surface area contributed by atoms with Crippen LogP contribution in [0.1, 0.15) is 10.4 Å². The zero-order valence-corrected chi connectivity index (χ0v) is 13.6. The lowest BCUT2D eigenvalue weighted by Gasteiger charge is -2.26. The van der Waals surface area contributed by atoms with Crippen molar-refractivity contribution >= 4 is 35.0 Å². The minimum atomic E-state index is -0.225. The Kier molecular flexibility index (Phi) is 4.25. The molecule has 23 heavy (non-hydrogen) atoms. The van der Waals surface area contributed by atoms with Crippen LogP contribution >= 0.6 is 11.8 Å². The second-order valence-corrected chi connectivity index (χ2v) is 5.99. The van der Waals surface area contributed by atoms with Gasteiger partial charge in [-0.25, -0.2) is 0 Å². The second kappa shape index (κ2) is 6.34. The maximum Gasteiger partial charge on any atom is 0.264 e. The van der Waals surface area contributed by atoms with E-state index in [0.29, 0.717) is 17.0 Å². The van der Waals surface area contributed by atoms with E-state index in [2.05, 4.69) is 5.32 Å². The number of thioether (sulfide) groups is 1. The molecule has 6 heteroatoms. The number of ether oxygens (including phenoxy) is 1. The van der Waals surface area contributed by atoms with Crippen LogP contribution in [0.15, 0.2) is 47.4 Å². The molecule has 0 saturated heterocycles. The number of hydrogen-bond acceptors (Lipinski definition) is 4. The number of hydrogen-bond donors (Lipinski definition) is 1. The third kappa shape index (κ3) is 3.17. The smallest absolute Gasteiger partial charge is 0.264 e. The molecule has 2 aromatic carbocycles. The molecule has 2 aromatic rings. The van der Waals surface area contributed by atoms with Crippen LogP contribution in [0.25, 0.3) is 0 Å². The molecular formula is C17H16N2O3S. The van der Waals surface area contributed by atoms with Gasteiger partial charge in [0.1, 0.15) is 5.75 Å². The molecule has 0 atom stereocenters. The van der Waals surface area contributed by atoms with E-state index in [9.17, 15) is 9.59 Å². The molecule has 1 aliphatic rings. The van der Waals surface area contributed by atoms with Crippen molar-refractivity contribution in [2.75, 3.05) is 30.1 Å². The lowest BCUT2D eigenvalue weighted by molar-refractivity contribution is -0.120. The van der Waals surface area contributed by atoms with Gasteiger partial charge in [0.15, 0.2) is 6.61 Å². The average molecular weight is 328 g/mol. The van der Waals surface area contributed by atoms with Gasteiger partial charge in [-0.2, -0.15) is 0 Å². The van der Waals surface area contributed by atoms with E-state index in [1.165, 1.54) is 4.90 Å². The summed E-state index contributed by atoms with van der Waals surface area (Å²) in [5.41, 5.74) is 1.82. The Bertz CT molecular complexity index is 776. The van der Waals surface area contributed by atoms with Gasteiger partial charge < -0.3 is 15.0 Å². The highest BCUT2D eigenvalue weighted by Gasteiger charge is 2.23. The Morgan fingerprint density at radius 2 is 2.09 bits per heavy atom. The van der Waals surface area contributed by atoms with Crippen LogP contribution in [0, 0.1) is 0 Å². The summed E-state index contributed by atoms with van der Waals surface area (Å²) >= 11 is 1.61. The van der Waals surface area contributed by atoms with E-state index < -0.39 is 0 Å². The molecule has 1 heterocycles. The fourth-order valence-electron chi connectivity index (χ4n) is 2.32. The topological polar surface area (TPSA) is 58.6 Å². The number of fused-ring (bicyclic) bond motifs is 1. The van der Waals surface area contributed by atoms with Gasteiger partial charge >= 0.3 is 0 Å². The number of benzene rings is 2. The van der Waals surface area contributed by atoms with Crippen molar-refractivity contribution in [3.05, 3.63) is 48.0 Å². The fourth-order valence-corrected chi connectivity index (χ4v) is 2.78. The normalized spacial score (nSPS) is 13.3. The van der Waals surface area contributed by atoms with Gasteiger partial charge in [-0.1, -0.05) is 6.07 Å². The lowest BCUT2D eigenvalue weighted by Crippen LogP contribution is -2.35. The summed E-state index contributed by atoms with van der Waals surface area (Å²) in [7, 11) is 1.67. The van der Waals surface area contributed by atoms with Gasteiger partial charge in [0.2, 0.25) is 0 Å². The Hall–Kier alpha value is -2.47. The minimum absolute atomic E-state index is 0.0243. The first-order chi connectivity index (χ1) is 11.1. The van der Waals surface area contributed by atoms with Crippen molar-refractivity contribution in [2.45, 2.75) is 4.90 Å². The number of amides is 2. The number of nitrogens with one attached hydrogen (secondary N) is 1. The van der Waals surface area contributed by atoms with Crippen molar-refractivity contribution < 1.29 is 14.3 Å². The number of likely N-dealkylation sites (N-methyl/N-ethyl adjacent to an activating group) is 1. The number of carbonyl (C=O) groups excluding carboxylic acids is 2.